The lowest BCUT2D eigenvalue weighted by molar-refractivity contribution is 0.718. The molecule has 0 fully saturated rings. The highest BCUT2D eigenvalue weighted by atomic mass is 14.6. The molecule has 1 nitrogen and oxygen atoms in total. The Labute approximate surface area is 103 Å². The highest BCUT2D eigenvalue weighted by molar-refractivity contribution is 5.30. The van der Waals surface area contributed by atoms with E-state index in [1.165, 1.54) is 22.3 Å². The maximum Gasteiger partial charge on any atom is 0.0335 e. The summed E-state index contributed by atoms with van der Waals surface area (Å²) in [6.07, 6.45) is 0.899. The first-order valence-electron chi connectivity index (χ1n) is 6.03. The van der Waals surface area contributed by atoms with E-state index in [0.717, 1.165) is 6.42 Å². The summed E-state index contributed by atoms with van der Waals surface area (Å²) in [4.78, 5) is 0. The van der Waals surface area contributed by atoms with Gasteiger partial charge < -0.3 is 5.73 Å². The molecule has 2 N–H and O–H groups in total. The number of hydrogen-bond donors (Lipinski definition) is 1. The van der Waals surface area contributed by atoms with Crippen molar-refractivity contribution in [2.75, 3.05) is 0 Å². The Kier molecular flexibility index (Phi) is 3.60. The Hall–Kier alpha value is -1.60. The summed E-state index contributed by atoms with van der Waals surface area (Å²) >= 11 is 0. The molecule has 0 radical (unpaired) electrons. The number of hydrogen-bond acceptors (Lipinski definition) is 1. The molecule has 0 amide bonds. The lowest BCUT2D eigenvalue weighted by Crippen LogP contribution is -2.13. The summed E-state index contributed by atoms with van der Waals surface area (Å²) < 4.78 is 0. The minimum absolute atomic E-state index is 0.0803. The molecule has 17 heavy (non-hydrogen) atoms. The minimum Gasteiger partial charge on any atom is -0.324 e. The van der Waals surface area contributed by atoms with Gasteiger partial charge in [0.15, 0.2) is 0 Å². The van der Waals surface area contributed by atoms with Crippen LogP contribution in [0.2, 0.25) is 0 Å². The molecule has 0 aliphatic heterocycles. The Balaban J connectivity index is 2.14. The van der Waals surface area contributed by atoms with Crippen molar-refractivity contribution in [1.82, 2.24) is 0 Å². The first-order valence-corrected chi connectivity index (χ1v) is 6.03. The molecule has 0 saturated carbocycles. The lowest BCUT2D eigenvalue weighted by Gasteiger charge is -2.14. The van der Waals surface area contributed by atoms with Gasteiger partial charge in [-0.25, -0.2) is 0 Å². The summed E-state index contributed by atoms with van der Waals surface area (Å²) in [5, 5.41) is 0. The SMILES string of the molecule is Cc1ccc(C(N)Cc2ccccc2C)cc1. The van der Waals surface area contributed by atoms with Crippen molar-refractivity contribution >= 4 is 0 Å². The number of nitrogens with two attached hydrogens (primary N) is 1. The van der Waals surface area contributed by atoms with Crippen molar-refractivity contribution in [2.45, 2.75) is 26.3 Å². The van der Waals surface area contributed by atoms with Crippen molar-refractivity contribution in [3.63, 3.8) is 0 Å². The average Bonchev–Trinajstić information content (AvgIpc) is 2.33. The number of rotatable bonds is 3. The zero-order valence-corrected chi connectivity index (χ0v) is 10.5. The third kappa shape index (κ3) is 2.95. The first-order chi connectivity index (χ1) is 8.16. The van der Waals surface area contributed by atoms with Gasteiger partial charge in [-0.15, -0.1) is 0 Å². The minimum atomic E-state index is 0.0803. The topological polar surface area (TPSA) is 26.0 Å². The van der Waals surface area contributed by atoms with Crippen LogP contribution in [0.25, 0.3) is 0 Å². The highest BCUT2D eigenvalue weighted by Gasteiger charge is 2.08. The van der Waals surface area contributed by atoms with Gasteiger partial charge in [-0.05, 0) is 37.0 Å². The molecule has 0 heterocycles. The zero-order chi connectivity index (χ0) is 12.3. The van der Waals surface area contributed by atoms with Gasteiger partial charge in [-0.1, -0.05) is 54.1 Å². The van der Waals surface area contributed by atoms with E-state index in [0.29, 0.717) is 0 Å². The van der Waals surface area contributed by atoms with E-state index in [1.54, 1.807) is 0 Å². The predicted molar refractivity (Wildman–Crippen MR) is 73.0 cm³/mol. The molecule has 1 unspecified atom stereocenters. The van der Waals surface area contributed by atoms with Crippen LogP contribution in [0.1, 0.15) is 28.3 Å². The van der Waals surface area contributed by atoms with Crippen LogP contribution in [0, 0.1) is 13.8 Å². The molecule has 0 aromatic heterocycles. The van der Waals surface area contributed by atoms with Crippen LogP contribution in [-0.2, 0) is 6.42 Å². The molecule has 1 heteroatoms. The highest BCUT2D eigenvalue weighted by Crippen LogP contribution is 2.18. The Morgan fingerprint density at radius 3 is 2.24 bits per heavy atom. The predicted octanol–water partition coefficient (Wildman–Crippen LogP) is 3.55. The molecule has 0 aliphatic rings. The molecule has 0 aliphatic carbocycles. The fourth-order valence-electron chi connectivity index (χ4n) is 2.01. The average molecular weight is 225 g/mol. The van der Waals surface area contributed by atoms with Gasteiger partial charge in [0.05, 0.1) is 0 Å². The molecule has 2 aromatic carbocycles. The van der Waals surface area contributed by atoms with Gasteiger partial charge in [0.1, 0.15) is 0 Å². The summed E-state index contributed by atoms with van der Waals surface area (Å²) in [7, 11) is 0. The van der Waals surface area contributed by atoms with Crippen LogP contribution >= 0.6 is 0 Å². The molecule has 2 aromatic rings. The Bertz CT molecular complexity index is 485. The largest absolute Gasteiger partial charge is 0.324 e. The second-order valence-electron chi connectivity index (χ2n) is 4.65. The smallest absolute Gasteiger partial charge is 0.0335 e. The molecular formula is C16H19N. The van der Waals surface area contributed by atoms with Crippen LogP contribution in [0.5, 0.6) is 0 Å². The first kappa shape index (κ1) is 11.9. The van der Waals surface area contributed by atoms with E-state index in [1.807, 2.05) is 0 Å². The van der Waals surface area contributed by atoms with Crippen LogP contribution in [0.4, 0.5) is 0 Å². The van der Waals surface area contributed by atoms with E-state index in [2.05, 4.69) is 62.4 Å². The monoisotopic (exact) mass is 225 g/mol. The normalized spacial score (nSPS) is 12.4. The second-order valence-corrected chi connectivity index (χ2v) is 4.65. The van der Waals surface area contributed by atoms with Crippen molar-refractivity contribution in [3.8, 4) is 0 Å². The van der Waals surface area contributed by atoms with E-state index in [-0.39, 0.29) is 6.04 Å². The van der Waals surface area contributed by atoms with Gasteiger partial charge in [0.25, 0.3) is 0 Å². The van der Waals surface area contributed by atoms with E-state index >= 15 is 0 Å². The van der Waals surface area contributed by atoms with Crippen molar-refractivity contribution in [3.05, 3.63) is 70.8 Å². The number of aryl methyl sites for hydroxylation is 2. The van der Waals surface area contributed by atoms with Crippen molar-refractivity contribution in [1.29, 1.82) is 0 Å². The molecule has 0 spiro atoms. The van der Waals surface area contributed by atoms with Gasteiger partial charge in [0, 0.05) is 6.04 Å². The molecular weight excluding hydrogens is 206 g/mol. The van der Waals surface area contributed by atoms with Crippen LogP contribution < -0.4 is 5.73 Å². The zero-order valence-electron chi connectivity index (χ0n) is 10.5. The van der Waals surface area contributed by atoms with Gasteiger partial charge in [0.2, 0.25) is 0 Å². The third-order valence-corrected chi connectivity index (χ3v) is 3.21. The second kappa shape index (κ2) is 5.15. The van der Waals surface area contributed by atoms with Gasteiger partial charge in [-0.3, -0.25) is 0 Å². The van der Waals surface area contributed by atoms with E-state index in [4.69, 9.17) is 5.73 Å². The molecule has 1 atom stereocenters. The summed E-state index contributed by atoms with van der Waals surface area (Å²) in [6.45, 7) is 4.23. The Morgan fingerprint density at radius 1 is 0.941 bits per heavy atom. The maximum absolute atomic E-state index is 6.25. The molecule has 2 rings (SSSR count). The molecule has 88 valence electrons. The summed E-state index contributed by atoms with van der Waals surface area (Å²) in [6, 6.07) is 17.0. The van der Waals surface area contributed by atoms with E-state index in [9.17, 15) is 0 Å². The molecule has 0 bridgehead atoms. The van der Waals surface area contributed by atoms with E-state index < -0.39 is 0 Å². The lowest BCUT2D eigenvalue weighted by atomic mass is 9.96. The maximum atomic E-state index is 6.25. The van der Waals surface area contributed by atoms with Gasteiger partial charge in [-0.2, -0.15) is 0 Å². The molecule has 0 saturated heterocycles. The Morgan fingerprint density at radius 2 is 1.59 bits per heavy atom. The fraction of sp³-hybridized carbons (Fsp3) is 0.250. The standard InChI is InChI=1S/C16H19N/c1-12-7-9-14(10-8-12)16(17)11-15-6-4-3-5-13(15)2/h3-10,16H,11,17H2,1-2H3. The van der Waals surface area contributed by atoms with Crippen LogP contribution in [-0.4, -0.2) is 0 Å². The van der Waals surface area contributed by atoms with Gasteiger partial charge >= 0.3 is 0 Å². The van der Waals surface area contributed by atoms with Crippen molar-refractivity contribution in [2.24, 2.45) is 5.73 Å². The quantitative estimate of drug-likeness (QED) is 0.849. The summed E-state index contributed by atoms with van der Waals surface area (Å²) in [5.74, 6) is 0. The summed E-state index contributed by atoms with van der Waals surface area (Å²) in [5.41, 5.74) is 11.4. The van der Waals surface area contributed by atoms with Crippen molar-refractivity contribution < 1.29 is 0 Å². The third-order valence-electron chi connectivity index (χ3n) is 3.21. The fourth-order valence-corrected chi connectivity index (χ4v) is 2.01. The van der Waals surface area contributed by atoms with Crippen LogP contribution in [0.15, 0.2) is 48.5 Å². The van der Waals surface area contributed by atoms with Crippen LogP contribution in [0.3, 0.4) is 0 Å². The number of benzene rings is 2.